The second kappa shape index (κ2) is 5.66. The molecule has 2 nitrogen and oxygen atoms in total. The normalized spacial score (nSPS) is 10.6. The molecule has 0 aliphatic carbocycles. The van der Waals surface area contributed by atoms with Crippen LogP contribution in [0.2, 0.25) is 0 Å². The van der Waals surface area contributed by atoms with Gasteiger partial charge in [0.25, 0.3) is 0 Å². The predicted octanol–water partition coefficient (Wildman–Crippen LogP) is 5.31. The maximum absolute atomic E-state index is 13.8. The lowest BCUT2D eigenvalue weighted by Gasteiger charge is -2.05. The van der Waals surface area contributed by atoms with Crippen LogP contribution in [0.25, 0.3) is 11.3 Å². The fourth-order valence-electron chi connectivity index (χ4n) is 2.29. The summed E-state index contributed by atoms with van der Waals surface area (Å²) in [4.78, 5) is 4.46. The highest BCUT2D eigenvalue weighted by atomic mass is 32.1. The van der Waals surface area contributed by atoms with Crippen LogP contribution >= 0.6 is 11.3 Å². The van der Waals surface area contributed by atoms with E-state index in [2.05, 4.69) is 42.3 Å². The largest absolute Gasteiger partial charge is 0.332 e. The Labute approximate surface area is 127 Å². The van der Waals surface area contributed by atoms with Gasteiger partial charge in [0.15, 0.2) is 5.13 Å². The Bertz CT molecular complexity index is 760. The summed E-state index contributed by atoms with van der Waals surface area (Å²) < 4.78 is 13.8. The molecular weight excluding hydrogens is 283 g/mol. The van der Waals surface area contributed by atoms with Crippen molar-refractivity contribution >= 4 is 22.2 Å². The quantitative estimate of drug-likeness (QED) is 0.709. The van der Waals surface area contributed by atoms with Crippen molar-refractivity contribution in [3.8, 4) is 11.3 Å². The van der Waals surface area contributed by atoms with Crippen molar-refractivity contribution in [2.24, 2.45) is 0 Å². The third-order valence-corrected chi connectivity index (χ3v) is 3.88. The third-order valence-electron chi connectivity index (χ3n) is 3.13. The second-order valence-corrected chi connectivity index (χ2v) is 5.88. The molecule has 0 fully saturated rings. The molecule has 21 heavy (non-hydrogen) atoms. The van der Waals surface area contributed by atoms with Crippen LogP contribution in [0.5, 0.6) is 0 Å². The van der Waals surface area contributed by atoms with Gasteiger partial charge in [0.2, 0.25) is 0 Å². The van der Waals surface area contributed by atoms with Crippen molar-refractivity contribution in [1.82, 2.24) is 4.98 Å². The van der Waals surface area contributed by atoms with Gasteiger partial charge in [-0.1, -0.05) is 18.2 Å². The first-order valence-corrected chi connectivity index (χ1v) is 7.55. The van der Waals surface area contributed by atoms with E-state index < -0.39 is 0 Å². The zero-order valence-corrected chi connectivity index (χ0v) is 12.7. The Hall–Kier alpha value is -2.20. The molecule has 4 heteroatoms. The molecule has 0 spiro atoms. The van der Waals surface area contributed by atoms with Crippen LogP contribution in [0.15, 0.2) is 47.8 Å². The molecule has 0 unspecified atom stereocenters. The number of thiazole rings is 1. The standard InChI is InChI=1S/C17H15FN2S/c1-11-7-12(2)9-13(8-11)19-17-20-16(10-21-17)14-5-3-4-6-15(14)18/h3-10H,1-2H3,(H,19,20). The minimum Gasteiger partial charge on any atom is -0.332 e. The molecule has 0 atom stereocenters. The molecule has 1 heterocycles. The van der Waals surface area contributed by atoms with Gasteiger partial charge in [0.05, 0.1) is 5.69 Å². The summed E-state index contributed by atoms with van der Waals surface area (Å²) >= 11 is 1.47. The molecule has 106 valence electrons. The number of benzene rings is 2. The molecule has 0 bridgehead atoms. The van der Waals surface area contributed by atoms with Crippen LogP contribution in [-0.2, 0) is 0 Å². The summed E-state index contributed by atoms with van der Waals surface area (Å²) in [5, 5.41) is 5.91. The van der Waals surface area contributed by atoms with E-state index in [1.54, 1.807) is 12.1 Å². The van der Waals surface area contributed by atoms with Crippen molar-refractivity contribution < 1.29 is 4.39 Å². The number of halogens is 1. The molecule has 3 rings (SSSR count). The molecule has 1 aromatic heterocycles. The highest BCUT2D eigenvalue weighted by molar-refractivity contribution is 7.14. The SMILES string of the molecule is Cc1cc(C)cc(Nc2nc(-c3ccccc3F)cs2)c1. The first kappa shape index (κ1) is 13.8. The Balaban J connectivity index is 1.87. The van der Waals surface area contributed by atoms with Crippen LogP contribution in [0.1, 0.15) is 11.1 Å². The molecular formula is C17H15FN2S. The number of anilines is 2. The molecule has 2 aromatic carbocycles. The van der Waals surface area contributed by atoms with E-state index in [9.17, 15) is 4.39 Å². The molecule has 0 saturated carbocycles. The van der Waals surface area contributed by atoms with Gasteiger partial charge >= 0.3 is 0 Å². The molecule has 1 N–H and O–H groups in total. The fourth-order valence-corrected chi connectivity index (χ4v) is 3.02. The molecule has 0 radical (unpaired) electrons. The molecule has 3 aromatic rings. The third kappa shape index (κ3) is 3.11. The molecule has 0 aliphatic heterocycles. The number of rotatable bonds is 3. The molecule has 0 saturated heterocycles. The van der Waals surface area contributed by atoms with Crippen molar-refractivity contribution in [2.75, 3.05) is 5.32 Å². The van der Waals surface area contributed by atoms with Gasteiger partial charge in [0, 0.05) is 16.6 Å². The summed E-state index contributed by atoms with van der Waals surface area (Å²) in [6.07, 6.45) is 0. The van der Waals surface area contributed by atoms with Crippen LogP contribution in [0, 0.1) is 19.7 Å². The van der Waals surface area contributed by atoms with Gasteiger partial charge in [0.1, 0.15) is 5.82 Å². The first-order chi connectivity index (χ1) is 10.1. The average Bonchev–Trinajstić information content (AvgIpc) is 2.86. The van der Waals surface area contributed by atoms with Crippen LogP contribution < -0.4 is 5.32 Å². The zero-order valence-electron chi connectivity index (χ0n) is 11.9. The number of aromatic nitrogens is 1. The second-order valence-electron chi connectivity index (χ2n) is 5.02. The van der Waals surface area contributed by atoms with Gasteiger partial charge < -0.3 is 5.32 Å². The van der Waals surface area contributed by atoms with Gasteiger partial charge in [-0.15, -0.1) is 11.3 Å². The number of nitrogens with one attached hydrogen (secondary N) is 1. The molecule has 0 aliphatic rings. The highest BCUT2D eigenvalue weighted by Gasteiger charge is 2.09. The van der Waals surface area contributed by atoms with Crippen molar-refractivity contribution in [1.29, 1.82) is 0 Å². The van der Waals surface area contributed by atoms with E-state index >= 15 is 0 Å². The maximum atomic E-state index is 13.8. The van der Waals surface area contributed by atoms with Crippen molar-refractivity contribution in [3.05, 3.63) is 64.8 Å². The monoisotopic (exact) mass is 298 g/mol. The van der Waals surface area contributed by atoms with E-state index in [0.29, 0.717) is 11.3 Å². The Kier molecular flexibility index (Phi) is 3.71. The number of aryl methyl sites for hydroxylation is 2. The minimum absolute atomic E-state index is 0.249. The van der Waals surface area contributed by atoms with Crippen molar-refractivity contribution in [3.63, 3.8) is 0 Å². The summed E-state index contributed by atoms with van der Waals surface area (Å²) in [6.45, 7) is 4.12. The van der Waals surface area contributed by atoms with E-state index in [-0.39, 0.29) is 5.82 Å². The summed E-state index contributed by atoms with van der Waals surface area (Å²) in [5.41, 5.74) is 4.58. The van der Waals surface area contributed by atoms with Crippen LogP contribution in [0.3, 0.4) is 0 Å². The van der Waals surface area contributed by atoms with Gasteiger partial charge in [-0.3, -0.25) is 0 Å². The lowest BCUT2D eigenvalue weighted by atomic mass is 10.1. The fraction of sp³-hybridized carbons (Fsp3) is 0.118. The van der Waals surface area contributed by atoms with Crippen molar-refractivity contribution in [2.45, 2.75) is 13.8 Å². The van der Waals surface area contributed by atoms with Gasteiger partial charge in [-0.2, -0.15) is 0 Å². The maximum Gasteiger partial charge on any atom is 0.187 e. The zero-order chi connectivity index (χ0) is 14.8. The van der Waals surface area contributed by atoms with Gasteiger partial charge in [-0.05, 0) is 49.2 Å². The Morgan fingerprint density at radius 2 is 1.76 bits per heavy atom. The highest BCUT2D eigenvalue weighted by Crippen LogP contribution is 2.29. The number of hydrogen-bond acceptors (Lipinski definition) is 3. The predicted molar refractivity (Wildman–Crippen MR) is 86.7 cm³/mol. The Morgan fingerprint density at radius 3 is 2.48 bits per heavy atom. The first-order valence-electron chi connectivity index (χ1n) is 6.67. The summed E-state index contributed by atoms with van der Waals surface area (Å²) in [6, 6.07) is 12.9. The topological polar surface area (TPSA) is 24.9 Å². The lowest BCUT2D eigenvalue weighted by molar-refractivity contribution is 0.631. The molecule has 0 amide bonds. The smallest absolute Gasteiger partial charge is 0.187 e. The average molecular weight is 298 g/mol. The number of hydrogen-bond donors (Lipinski definition) is 1. The summed E-state index contributed by atoms with van der Waals surface area (Å²) in [7, 11) is 0. The minimum atomic E-state index is -0.249. The van der Waals surface area contributed by atoms with Gasteiger partial charge in [-0.25, -0.2) is 9.37 Å². The van der Waals surface area contributed by atoms with E-state index in [1.165, 1.54) is 28.5 Å². The van der Waals surface area contributed by atoms with E-state index in [4.69, 9.17) is 0 Å². The number of nitrogens with zero attached hydrogens (tertiary/aromatic N) is 1. The van der Waals surface area contributed by atoms with Crippen LogP contribution in [0.4, 0.5) is 15.2 Å². The lowest BCUT2D eigenvalue weighted by Crippen LogP contribution is -1.91. The summed E-state index contributed by atoms with van der Waals surface area (Å²) in [5.74, 6) is -0.249. The Morgan fingerprint density at radius 1 is 1.05 bits per heavy atom. The van der Waals surface area contributed by atoms with E-state index in [0.717, 1.165) is 10.8 Å². The van der Waals surface area contributed by atoms with Crippen LogP contribution in [-0.4, -0.2) is 4.98 Å². The van der Waals surface area contributed by atoms with E-state index in [1.807, 2.05) is 11.4 Å².